The number of methoxy groups -OCH3 is 1. The first-order valence-electron chi connectivity index (χ1n) is 9.66. The highest BCUT2D eigenvalue weighted by molar-refractivity contribution is 6.21. The van der Waals surface area contributed by atoms with Crippen LogP contribution >= 0.6 is 0 Å². The van der Waals surface area contributed by atoms with Gasteiger partial charge in [-0.1, -0.05) is 19.1 Å². The zero-order valence-electron chi connectivity index (χ0n) is 18.2. The van der Waals surface area contributed by atoms with Gasteiger partial charge in [0.15, 0.2) is 0 Å². The van der Waals surface area contributed by atoms with Crippen molar-refractivity contribution < 1.29 is 23.9 Å². The molecule has 0 saturated heterocycles. The van der Waals surface area contributed by atoms with Gasteiger partial charge in [0.2, 0.25) is 0 Å². The molecule has 1 aromatic carbocycles. The molecule has 0 fully saturated rings. The Balaban J connectivity index is 2.40. The Morgan fingerprint density at radius 3 is 2.07 bits per heavy atom. The Kier molecular flexibility index (Phi) is 6.72. The first kappa shape index (κ1) is 22.5. The maximum Gasteiger partial charge on any atom is 0.410 e. The van der Waals surface area contributed by atoms with Crippen LogP contribution in [0.3, 0.4) is 0 Å². The van der Waals surface area contributed by atoms with Crippen molar-refractivity contribution in [1.82, 2.24) is 9.80 Å². The molecule has 0 radical (unpaired) electrons. The fourth-order valence-corrected chi connectivity index (χ4v) is 3.36. The Labute approximate surface area is 172 Å². The van der Waals surface area contributed by atoms with Crippen molar-refractivity contribution in [3.8, 4) is 0 Å². The van der Waals surface area contributed by atoms with Crippen molar-refractivity contribution >= 4 is 17.9 Å². The maximum atomic E-state index is 12.8. The Hall–Kier alpha value is -2.83. The number of carbonyl (C=O) groups excluding carboxylic acids is 3. The molecule has 0 N–H and O–H groups in total. The van der Waals surface area contributed by atoms with Crippen LogP contribution in [0.5, 0.6) is 0 Å². The fourth-order valence-electron chi connectivity index (χ4n) is 3.36. The molecule has 2 rings (SSSR count). The minimum Gasteiger partial charge on any atom is -0.501 e. The number of carbonyl (C=O) groups is 3. The lowest BCUT2D eigenvalue weighted by atomic mass is 10.0. The van der Waals surface area contributed by atoms with Gasteiger partial charge < -0.3 is 14.4 Å². The molecule has 158 valence electrons. The van der Waals surface area contributed by atoms with Gasteiger partial charge in [-0.05, 0) is 51.8 Å². The molecule has 0 spiro atoms. The Morgan fingerprint density at radius 2 is 1.66 bits per heavy atom. The second-order valence-corrected chi connectivity index (χ2v) is 8.01. The molecule has 1 aromatic rings. The summed E-state index contributed by atoms with van der Waals surface area (Å²) in [7, 11) is 3.16. The van der Waals surface area contributed by atoms with E-state index in [2.05, 4.69) is 0 Å². The highest BCUT2D eigenvalue weighted by atomic mass is 16.6. The molecule has 29 heavy (non-hydrogen) atoms. The normalized spacial score (nSPS) is 15.6. The minimum atomic E-state index is -0.669. The molecule has 1 heterocycles. The number of allylic oxidation sites excluding steroid dienone is 1. The van der Waals surface area contributed by atoms with Gasteiger partial charge in [0, 0.05) is 7.05 Å². The van der Waals surface area contributed by atoms with Crippen LogP contribution in [0.15, 0.2) is 35.6 Å². The number of fused-ring (bicyclic) bond motifs is 1. The number of rotatable bonds is 6. The van der Waals surface area contributed by atoms with Crippen LogP contribution in [0.2, 0.25) is 0 Å². The molecule has 0 unspecified atom stereocenters. The van der Waals surface area contributed by atoms with Crippen molar-refractivity contribution in [2.45, 2.75) is 52.7 Å². The molecular formula is C22H30N2O5. The predicted octanol–water partition coefficient (Wildman–Crippen LogP) is 3.85. The van der Waals surface area contributed by atoms with Gasteiger partial charge in [0.05, 0.1) is 36.6 Å². The van der Waals surface area contributed by atoms with Gasteiger partial charge in [-0.3, -0.25) is 14.5 Å². The third-order valence-electron chi connectivity index (χ3n) is 4.92. The number of ether oxygens (including phenoxy) is 2. The molecule has 0 saturated carbocycles. The Morgan fingerprint density at radius 1 is 1.14 bits per heavy atom. The summed E-state index contributed by atoms with van der Waals surface area (Å²) in [6, 6.07) is 6.16. The first-order valence-corrected chi connectivity index (χ1v) is 9.66. The summed E-state index contributed by atoms with van der Waals surface area (Å²) < 4.78 is 10.9. The van der Waals surface area contributed by atoms with Gasteiger partial charge in [-0.25, -0.2) is 4.79 Å². The van der Waals surface area contributed by atoms with E-state index < -0.39 is 17.7 Å². The summed E-state index contributed by atoms with van der Waals surface area (Å²) in [5.74, 6) is -0.0815. The zero-order valence-corrected chi connectivity index (χ0v) is 18.2. The van der Waals surface area contributed by atoms with E-state index in [1.165, 1.54) is 9.80 Å². The number of imide groups is 1. The molecule has 7 nitrogen and oxygen atoms in total. The molecule has 0 bridgehead atoms. The third kappa shape index (κ3) is 4.78. The lowest BCUT2D eigenvalue weighted by Gasteiger charge is -2.34. The highest BCUT2D eigenvalue weighted by Gasteiger charge is 2.39. The third-order valence-corrected chi connectivity index (χ3v) is 4.92. The summed E-state index contributed by atoms with van der Waals surface area (Å²) in [4.78, 5) is 41.0. The van der Waals surface area contributed by atoms with Crippen LogP contribution in [-0.2, 0) is 9.47 Å². The van der Waals surface area contributed by atoms with Crippen molar-refractivity contribution in [3.05, 3.63) is 46.7 Å². The minimum absolute atomic E-state index is 0.0198. The van der Waals surface area contributed by atoms with Crippen LogP contribution in [0.25, 0.3) is 0 Å². The van der Waals surface area contributed by atoms with E-state index in [0.717, 1.165) is 5.57 Å². The largest absolute Gasteiger partial charge is 0.501 e. The van der Waals surface area contributed by atoms with E-state index in [9.17, 15) is 14.4 Å². The monoisotopic (exact) mass is 402 g/mol. The van der Waals surface area contributed by atoms with Gasteiger partial charge >= 0.3 is 6.09 Å². The smallest absolute Gasteiger partial charge is 0.410 e. The second kappa shape index (κ2) is 8.68. The average Bonchev–Trinajstić information content (AvgIpc) is 2.90. The predicted molar refractivity (Wildman–Crippen MR) is 110 cm³/mol. The van der Waals surface area contributed by atoms with E-state index in [1.807, 2.05) is 6.92 Å². The van der Waals surface area contributed by atoms with Gasteiger partial charge in [0.1, 0.15) is 5.60 Å². The summed E-state index contributed by atoms with van der Waals surface area (Å²) in [6.45, 7) is 9.12. The van der Waals surface area contributed by atoms with Crippen LogP contribution < -0.4 is 0 Å². The maximum absolute atomic E-state index is 12.8. The summed E-state index contributed by atoms with van der Waals surface area (Å²) in [5, 5.41) is 0. The molecule has 1 aliphatic heterocycles. The van der Waals surface area contributed by atoms with Gasteiger partial charge in [-0.15, -0.1) is 0 Å². The zero-order chi connectivity index (χ0) is 21.9. The van der Waals surface area contributed by atoms with E-state index in [-0.39, 0.29) is 18.4 Å². The first-order chi connectivity index (χ1) is 13.5. The van der Waals surface area contributed by atoms with Crippen molar-refractivity contribution in [1.29, 1.82) is 0 Å². The summed E-state index contributed by atoms with van der Waals surface area (Å²) in [6.07, 6.45) is 0.0506. The van der Waals surface area contributed by atoms with E-state index in [4.69, 9.17) is 9.47 Å². The van der Waals surface area contributed by atoms with E-state index in [0.29, 0.717) is 23.3 Å². The molecule has 1 aliphatic rings. The standard InChI is InChI=1S/C22H30N2O5/c1-8-15(14(2)28-7)18(23(6)21(27)29-22(3,4)5)13-24-19(25)16-11-9-10-12-17(16)20(24)26/h9-12,18H,8,13H2,1-7H3/b15-14-/t18-/m1/s1. The van der Waals surface area contributed by atoms with Crippen LogP contribution in [0, 0.1) is 0 Å². The van der Waals surface area contributed by atoms with Crippen LogP contribution in [-0.4, -0.2) is 60.1 Å². The topological polar surface area (TPSA) is 76.2 Å². The molecular weight excluding hydrogens is 372 g/mol. The molecule has 7 heteroatoms. The average molecular weight is 402 g/mol. The van der Waals surface area contributed by atoms with Crippen molar-refractivity contribution in [2.75, 3.05) is 20.7 Å². The van der Waals surface area contributed by atoms with Crippen LogP contribution in [0.1, 0.15) is 61.8 Å². The van der Waals surface area contributed by atoms with Crippen molar-refractivity contribution in [2.24, 2.45) is 0 Å². The lowest BCUT2D eigenvalue weighted by molar-refractivity contribution is 0.0207. The van der Waals surface area contributed by atoms with Gasteiger partial charge in [0.25, 0.3) is 11.8 Å². The Bertz CT molecular complexity index is 803. The van der Waals surface area contributed by atoms with E-state index >= 15 is 0 Å². The van der Waals surface area contributed by atoms with Gasteiger partial charge in [-0.2, -0.15) is 0 Å². The molecule has 0 aromatic heterocycles. The number of nitrogens with zero attached hydrogens (tertiary/aromatic N) is 2. The van der Waals surface area contributed by atoms with Crippen molar-refractivity contribution in [3.63, 3.8) is 0 Å². The summed E-state index contributed by atoms with van der Waals surface area (Å²) >= 11 is 0. The highest BCUT2D eigenvalue weighted by Crippen LogP contribution is 2.27. The fraction of sp³-hybridized carbons (Fsp3) is 0.500. The summed E-state index contributed by atoms with van der Waals surface area (Å²) in [5.41, 5.74) is 0.901. The number of hydrogen-bond acceptors (Lipinski definition) is 5. The number of likely N-dealkylation sites (N-methyl/N-ethyl adjacent to an activating group) is 1. The number of amides is 3. The van der Waals surface area contributed by atoms with Crippen LogP contribution in [0.4, 0.5) is 4.79 Å². The molecule has 3 amide bonds. The number of benzene rings is 1. The van der Waals surface area contributed by atoms with E-state index in [1.54, 1.807) is 66.1 Å². The lowest BCUT2D eigenvalue weighted by Crippen LogP contribution is -2.49. The molecule has 0 aliphatic carbocycles. The quantitative estimate of drug-likeness (QED) is 0.534. The molecule has 1 atom stereocenters. The SMILES string of the molecule is CC/C(=C(\C)OC)[C@@H](CN1C(=O)c2ccccc2C1=O)N(C)C(=O)OC(C)(C)C. The number of hydrogen-bond donors (Lipinski definition) is 0. The second-order valence-electron chi connectivity index (χ2n) is 8.01.